The number of nitrogen functional groups attached to an aromatic ring is 1. The molecular weight excluding hydrogens is 190 g/mol. The topological polar surface area (TPSA) is 87.6 Å². The number of aromatic nitrogens is 2. The van der Waals surface area contributed by atoms with Crippen LogP contribution in [-0.2, 0) is 0 Å². The van der Waals surface area contributed by atoms with Gasteiger partial charge in [0.05, 0.1) is 12.5 Å². The first kappa shape index (κ1) is 9.55. The average molecular weight is 198 g/mol. The first-order valence-corrected chi connectivity index (χ1v) is 4.00. The summed E-state index contributed by atoms with van der Waals surface area (Å²) < 4.78 is 0. The Morgan fingerprint density at radius 3 is 3.08 bits per heavy atom. The highest BCUT2D eigenvalue weighted by Gasteiger charge is 2.04. The molecule has 13 heavy (non-hydrogen) atoms. The van der Waals surface area contributed by atoms with E-state index in [-0.39, 0.29) is 5.82 Å². The minimum absolute atomic E-state index is 0.233. The predicted molar refractivity (Wildman–Crippen MR) is 50.2 cm³/mol. The fraction of sp³-hybridized carbons (Fsp3) is 0.286. The molecule has 68 valence electrons. The number of halogens is 1. The maximum atomic E-state index is 8.29. The molecule has 3 N–H and O–H groups in total. The molecule has 0 saturated carbocycles. The summed E-state index contributed by atoms with van der Waals surface area (Å²) in [6.07, 6.45) is 1.70. The van der Waals surface area contributed by atoms with E-state index in [9.17, 15) is 0 Å². The second-order valence-corrected chi connectivity index (χ2v) is 2.63. The molecule has 0 atom stereocenters. The van der Waals surface area contributed by atoms with Crippen LogP contribution < -0.4 is 11.1 Å². The van der Waals surface area contributed by atoms with Crippen molar-refractivity contribution in [2.24, 2.45) is 0 Å². The van der Waals surface area contributed by atoms with Gasteiger partial charge in [0, 0.05) is 6.54 Å². The van der Waals surface area contributed by atoms with E-state index in [4.69, 9.17) is 22.6 Å². The monoisotopic (exact) mass is 197 g/mol. The number of nitrogens with two attached hydrogens (primary N) is 1. The fourth-order valence-corrected chi connectivity index (χ4v) is 0.908. The summed E-state index contributed by atoms with van der Waals surface area (Å²) in [6.45, 7) is 0.493. The van der Waals surface area contributed by atoms with E-state index in [0.29, 0.717) is 23.8 Å². The molecule has 6 heteroatoms. The summed E-state index contributed by atoms with van der Waals surface area (Å²) >= 11 is 5.78. The Morgan fingerprint density at radius 1 is 1.62 bits per heavy atom. The molecule has 1 aromatic heterocycles. The molecule has 0 aliphatic rings. The van der Waals surface area contributed by atoms with E-state index in [0.717, 1.165) is 0 Å². The van der Waals surface area contributed by atoms with Crippen LogP contribution in [0.3, 0.4) is 0 Å². The van der Waals surface area contributed by atoms with Crippen LogP contribution in [0.15, 0.2) is 6.33 Å². The standard InChI is InChI=1S/C7H8ClN5/c8-5-6(10)12-4-13-7(5)11-3-1-2-9/h4H,1,3H2,(H3,10,11,12,13). The lowest BCUT2D eigenvalue weighted by Crippen LogP contribution is -2.05. The maximum absolute atomic E-state index is 8.29. The molecule has 0 unspecified atom stereocenters. The molecule has 0 spiro atoms. The second-order valence-electron chi connectivity index (χ2n) is 2.26. The Bertz CT molecular complexity index is 332. The first-order valence-electron chi connectivity index (χ1n) is 3.62. The third-order valence-electron chi connectivity index (χ3n) is 1.35. The normalized spacial score (nSPS) is 9.23. The van der Waals surface area contributed by atoms with Gasteiger partial charge in [-0.15, -0.1) is 0 Å². The van der Waals surface area contributed by atoms with Gasteiger partial charge in [0.15, 0.2) is 0 Å². The summed E-state index contributed by atoms with van der Waals surface area (Å²) in [5.41, 5.74) is 5.44. The molecule has 0 fully saturated rings. The lowest BCUT2D eigenvalue weighted by Gasteiger charge is -2.05. The predicted octanol–water partition coefficient (Wildman–Crippen LogP) is 1.04. The van der Waals surface area contributed by atoms with Gasteiger partial charge in [-0.1, -0.05) is 11.6 Å². The highest BCUT2D eigenvalue weighted by molar-refractivity contribution is 6.35. The second kappa shape index (κ2) is 4.48. The molecule has 0 amide bonds. The van der Waals surface area contributed by atoms with Crippen molar-refractivity contribution < 1.29 is 0 Å². The molecule has 5 nitrogen and oxygen atoms in total. The summed E-state index contributed by atoms with van der Waals surface area (Å²) in [7, 11) is 0. The minimum Gasteiger partial charge on any atom is -0.382 e. The molecule has 0 aliphatic heterocycles. The third-order valence-corrected chi connectivity index (χ3v) is 1.72. The number of nitrogens with one attached hydrogen (secondary N) is 1. The van der Waals surface area contributed by atoms with Gasteiger partial charge in [-0.3, -0.25) is 0 Å². The van der Waals surface area contributed by atoms with Crippen LogP contribution in [0.5, 0.6) is 0 Å². The van der Waals surface area contributed by atoms with Gasteiger partial charge in [-0.25, -0.2) is 9.97 Å². The van der Waals surface area contributed by atoms with Crippen LogP contribution in [0.1, 0.15) is 6.42 Å². The average Bonchev–Trinajstić information content (AvgIpc) is 2.13. The Balaban J connectivity index is 2.67. The molecule has 1 heterocycles. The van der Waals surface area contributed by atoms with E-state index in [1.54, 1.807) is 0 Å². The zero-order chi connectivity index (χ0) is 9.68. The first-order chi connectivity index (χ1) is 6.25. The number of anilines is 2. The summed E-state index contributed by atoms with van der Waals surface area (Å²) in [5.74, 6) is 0.695. The highest BCUT2D eigenvalue weighted by atomic mass is 35.5. The van der Waals surface area contributed by atoms with Crippen LogP contribution in [0, 0.1) is 11.3 Å². The Labute approximate surface area is 80.6 Å². The fourth-order valence-electron chi connectivity index (χ4n) is 0.744. The summed E-state index contributed by atoms with van der Waals surface area (Å²) in [4.78, 5) is 7.56. The van der Waals surface area contributed by atoms with E-state index in [2.05, 4.69) is 15.3 Å². The Morgan fingerprint density at radius 2 is 2.38 bits per heavy atom. The van der Waals surface area contributed by atoms with E-state index < -0.39 is 0 Å². The molecule has 1 aromatic rings. The van der Waals surface area contributed by atoms with Crippen LogP contribution in [0.2, 0.25) is 5.02 Å². The number of rotatable bonds is 3. The lowest BCUT2D eigenvalue weighted by atomic mass is 10.4. The molecule has 0 aliphatic carbocycles. The number of nitriles is 1. The smallest absolute Gasteiger partial charge is 0.150 e. The number of hydrogen-bond acceptors (Lipinski definition) is 5. The number of hydrogen-bond donors (Lipinski definition) is 2. The van der Waals surface area contributed by atoms with Crippen LogP contribution in [0.4, 0.5) is 11.6 Å². The Kier molecular flexibility index (Phi) is 3.29. The van der Waals surface area contributed by atoms with Gasteiger partial charge in [0.25, 0.3) is 0 Å². The van der Waals surface area contributed by atoms with Gasteiger partial charge in [-0.2, -0.15) is 5.26 Å². The molecule has 0 aromatic carbocycles. The largest absolute Gasteiger partial charge is 0.382 e. The molecular formula is C7H8ClN5. The van der Waals surface area contributed by atoms with Crippen molar-refractivity contribution in [1.82, 2.24) is 9.97 Å². The van der Waals surface area contributed by atoms with Crippen molar-refractivity contribution in [3.63, 3.8) is 0 Å². The maximum Gasteiger partial charge on any atom is 0.150 e. The van der Waals surface area contributed by atoms with Crippen LogP contribution in [-0.4, -0.2) is 16.5 Å². The molecule has 1 rings (SSSR count). The third kappa shape index (κ3) is 2.46. The summed E-state index contributed by atoms with van der Waals surface area (Å²) in [6, 6.07) is 1.99. The van der Waals surface area contributed by atoms with Crippen molar-refractivity contribution in [2.45, 2.75) is 6.42 Å². The van der Waals surface area contributed by atoms with Crippen molar-refractivity contribution >= 4 is 23.2 Å². The lowest BCUT2D eigenvalue weighted by molar-refractivity contribution is 1.04. The zero-order valence-electron chi connectivity index (χ0n) is 6.79. The van der Waals surface area contributed by atoms with Crippen molar-refractivity contribution in [3.05, 3.63) is 11.3 Å². The van der Waals surface area contributed by atoms with Crippen LogP contribution in [0.25, 0.3) is 0 Å². The Hall–Kier alpha value is -1.54. The van der Waals surface area contributed by atoms with Gasteiger partial charge in [0.2, 0.25) is 0 Å². The van der Waals surface area contributed by atoms with Crippen molar-refractivity contribution in [1.29, 1.82) is 5.26 Å². The van der Waals surface area contributed by atoms with Gasteiger partial charge < -0.3 is 11.1 Å². The molecule has 0 saturated heterocycles. The quantitative estimate of drug-likeness (QED) is 0.707. The van der Waals surface area contributed by atoms with E-state index in [1.807, 2.05) is 6.07 Å². The summed E-state index contributed by atoms with van der Waals surface area (Å²) in [5, 5.41) is 11.4. The molecule has 0 bridgehead atoms. The number of nitrogens with zero attached hydrogens (tertiary/aromatic N) is 3. The van der Waals surface area contributed by atoms with E-state index in [1.165, 1.54) is 6.33 Å². The highest BCUT2D eigenvalue weighted by Crippen LogP contribution is 2.22. The van der Waals surface area contributed by atoms with Gasteiger partial charge >= 0.3 is 0 Å². The minimum atomic E-state index is 0.233. The van der Waals surface area contributed by atoms with Gasteiger partial charge in [-0.05, 0) is 0 Å². The molecule has 0 radical (unpaired) electrons. The van der Waals surface area contributed by atoms with Crippen molar-refractivity contribution in [2.75, 3.05) is 17.6 Å². The zero-order valence-corrected chi connectivity index (χ0v) is 7.54. The SMILES string of the molecule is N#CCCNc1ncnc(N)c1Cl. The van der Waals surface area contributed by atoms with Crippen molar-refractivity contribution in [3.8, 4) is 6.07 Å². The van der Waals surface area contributed by atoms with Gasteiger partial charge in [0.1, 0.15) is 23.0 Å². The van der Waals surface area contributed by atoms with E-state index >= 15 is 0 Å². The van der Waals surface area contributed by atoms with Crippen LogP contribution >= 0.6 is 11.6 Å².